The highest BCUT2D eigenvalue weighted by molar-refractivity contribution is 7.99. The smallest absolute Gasteiger partial charge is 0.392 e. The molecule has 0 aliphatic rings. The SMILES string of the molecule is O=C([O-])c1ccccc1CC[C@H](CSc1ccccc1)C(F)(F)F. The van der Waals surface area contributed by atoms with Crippen molar-refractivity contribution >= 4 is 17.7 Å². The van der Waals surface area contributed by atoms with E-state index in [0.717, 1.165) is 16.7 Å². The van der Waals surface area contributed by atoms with Crippen LogP contribution in [-0.2, 0) is 6.42 Å². The van der Waals surface area contributed by atoms with Crippen LogP contribution in [-0.4, -0.2) is 17.9 Å². The van der Waals surface area contributed by atoms with Crippen LogP contribution in [0.25, 0.3) is 0 Å². The Morgan fingerprint density at radius 3 is 2.29 bits per heavy atom. The lowest BCUT2D eigenvalue weighted by Gasteiger charge is -2.20. The third-order valence-electron chi connectivity index (χ3n) is 3.66. The molecule has 2 nitrogen and oxygen atoms in total. The molecule has 0 radical (unpaired) electrons. The first kappa shape index (κ1) is 18.4. The zero-order chi connectivity index (χ0) is 17.6. The van der Waals surface area contributed by atoms with Crippen LogP contribution in [0, 0.1) is 5.92 Å². The minimum Gasteiger partial charge on any atom is -0.545 e. The quantitative estimate of drug-likeness (QED) is 0.708. The van der Waals surface area contributed by atoms with Crippen molar-refractivity contribution in [1.82, 2.24) is 0 Å². The van der Waals surface area contributed by atoms with Crippen LogP contribution in [0.1, 0.15) is 22.3 Å². The van der Waals surface area contributed by atoms with Crippen molar-refractivity contribution in [3.8, 4) is 0 Å². The lowest BCUT2D eigenvalue weighted by molar-refractivity contribution is -0.255. The summed E-state index contributed by atoms with van der Waals surface area (Å²) in [5, 5.41) is 11.0. The molecule has 0 heterocycles. The molecule has 0 spiro atoms. The Labute approximate surface area is 142 Å². The highest BCUT2D eigenvalue weighted by atomic mass is 32.2. The van der Waals surface area contributed by atoms with Gasteiger partial charge in [0.05, 0.1) is 11.9 Å². The molecule has 128 valence electrons. The average molecular weight is 353 g/mol. The standard InChI is InChI=1S/C18H17F3O2S/c19-18(20,21)14(12-24-15-7-2-1-3-8-15)11-10-13-6-4-5-9-16(13)17(22)23/h1-9,14H,10-12H2,(H,22,23)/p-1/t14-/m1/s1. The number of carboxylic acids is 1. The second kappa shape index (κ2) is 8.24. The van der Waals surface area contributed by atoms with Crippen LogP contribution in [0.5, 0.6) is 0 Å². The van der Waals surface area contributed by atoms with Gasteiger partial charge in [-0.25, -0.2) is 0 Å². The summed E-state index contributed by atoms with van der Waals surface area (Å²) >= 11 is 1.15. The number of aromatic carboxylic acids is 1. The van der Waals surface area contributed by atoms with Gasteiger partial charge in [0.15, 0.2) is 0 Å². The van der Waals surface area contributed by atoms with Crippen molar-refractivity contribution in [2.45, 2.75) is 23.9 Å². The summed E-state index contributed by atoms with van der Waals surface area (Å²) in [4.78, 5) is 11.8. The number of carbonyl (C=O) groups is 1. The van der Waals surface area contributed by atoms with Crippen LogP contribution in [0.15, 0.2) is 59.5 Å². The number of benzene rings is 2. The van der Waals surface area contributed by atoms with Gasteiger partial charge in [0.1, 0.15) is 0 Å². The number of rotatable bonds is 7. The van der Waals surface area contributed by atoms with Crippen LogP contribution >= 0.6 is 11.8 Å². The fourth-order valence-electron chi connectivity index (χ4n) is 2.32. The number of aryl methyl sites for hydroxylation is 1. The largest absolute Gasteiger partial charge is 0.545 e. The first-order valence-corrected chi connectivity index (χ1v) is 8.40. The highest BCUT2D eigenvalue weighted by Crippen LogP contribution is 2.34. The normalized spacial score (nSPS) is 12.8. The molecular formula is C18H16F3O2S-. The van der Waals surface area contributed by atoms with Crippen molar-refractivity contribution in [2.75, 3.05) is 5.75 Å². The van der Waals surface area contributed by atoms with Crippen LogP contribution in [0.3, 0.4) is 0 Å². The van der Waals surface area contributed by atoms with Crippen LogP contribution < -0.4 is 5.11 Å². The van der Waals surface area contributed by atoms with E-state index in [4.69, 9.17) is 0 Å². The molecule has 1 atom stereocenters. The van der Waals surface area contributed by atoms with Gasteiger partial charge in [0, 0.05) is 16.2 Å². The Hall–Kier alpha value is -1.95. The summed E-state index contributed by atoms with van der Waals surface area (Å²) in [6.07, 6.45) is -4.44. The van der Waals surface area contributed by atoms with Gasteiger partial charge in [-0.3, -0.25) is 0 Å². The van der Waals surface area contributed by atoms with E-state index in [2.05, 4.69) is 0 Å². The van der Waals surface area contributed by atoms with Gasteiger partial charge in [0.25, 0.3) is 0 Å². The number of carboxylic acid groups (broad SMARTS) is 1. The molecule has 0 aliphatic carbocycles. The summed E-state index contributed by atoms with van der Waals surface area (Å²) in [7, 11) is 0. The summed E-state index contributed by atoms with van der Waals surface area (Å²) < 4.78 is 39.7. The lowest BCUT2D eigenvalue weighted by Crippen LogP contribution is -2.27. The summed E-state index contributed by atoms with van der Waals surface area (Å²) in [6, 6.07) is 14.9. The second-order valence-electron chi connectivity index (χ2n) is 5.35. The number of alkyl halides is 3. The molecule has 0 N–H and O–H groups in total. The van der Waals surface area contributed by atoms with Gasteiger partial charge < -0.3 is 9.90 Å². The van der Waals surface area contributed by atoms with Crippen LogP contribution in [0.4, 0.5) is 13.2 Å². The van der Waals surface area contributed by atoms with E-state index in [1.165, 1.54) is 18.2 Å². The van der Waals surface area contributed by atoms with E-state index in [1.807, 2.05) is 6.07 Å². The number of halogens is 3. The summed E-state index contributed by atoms with van der Waals surface area (Å²) in [6.45, 7) is 0. The third kappa shape index (κ3) is 5.30. The maximum Gasteiger partial charge on any atom is 0.392 e. The third-order valence-corrected chi connectivity index (χ3v) is 4.83. The second-order valence-corrected chi connectivity index (χ2v) is 6.44. The molecule has 0 amide bonds. The van der Waals surface area contributed by atoms with Gasteiger partial charge in [0.2, 0.25) is 0 Å². The van der Waals surface area contributed by atoms with E-state index in [1.54, 1.807) is 30.3 Å². The Balaban J connectivity index is 2.03. The molecule has 0 unspecified atom stereocenters. The van der Waals surface area contributed by atoms with Gasteiger partial charge in [-0.05, 0) is 30.5 Å². The molecule has 24 heavy (non-hydrogen) atoms. The van der Waals surface area contributed by atoms with Crippen molar-refractivity contribution in [3.63, 3.8) is 0 Å². The van der Waals surface area contributed by atoms with E-state index >= 15 is 0 Å². The zero-order valence-electron chi connectivity index (χ0n) is 12.8. The van der Waals surface area contributed by atoms with Gasteiger partial charge >= 0.3 is 6.18 Å². The van der Waals surface area contributed by atoms with E-state index in [-0.39, 0.29) is 24.2 Å². The maximum atomic E-state index is 13.2. The van der Waals surface area contributed by atoms with Crippen LogP contribution in [0.2, 0.25) is 0 Å². The maximum absolute atomic E-state index is 13.2. The Morgan fingerprint density at radius 2 is 1.67 bits per heavy atom. The number of hydrogen-bond acceptors (Lipinski definition) is 3. The Morgan fingerprint density at radius 1 is 1.04 bits per heavy atom. The molecule has 2 aromatic rings. The predicted molar refractivity (Wildman–Crippen MR) is 85.8 cm³/mol. The summed E-state index contributed by atoms with van der Waals surface area (Å²) in [5.41, 5.74) is 0.325. The molecule has 6 heteroatoms. The van der Waals surface area contributed by atoms with Gasteiger partial charge in [-0.15, -0.1) is 11.8 Å². The van der Waals surface area contributed by atoms with Crippen molar-refractivity contribution in [3.05, 3.63) is 65.7 Å². The number of hydrogen-bond donors (Lipinski definition) is 0. The molecular weight excluding hydrogens is 337 g/mol. The first-order chi connectivity index (χ1) is 11.4. The predicted octanol–water partition coefficient (Wildman–Crippen LogP) is 3.95. The van der Waals surface area contributed by atoms with E-state index in [0.29, 0.717) is 5.56 Å². The number of thioether (sulfide) groups is 1. The molecule has 0 saturated carbocycles. The minimum atomic E-state index is -4.32. The Bertz CT molecular complexity index is 671. The monoisotopic (exact) mass is 353 g/mol. The van der Waals surface area contributed by atoms with Crippen molar-refractivity contribution < 1.29 is 23.1 Å². The summed E-state index contributed by atoms with van der Waals surface area (Å²) in [5.74, 6) is -2.97. The van der Waals surface area contributed by atoms with Crippen molar-refractivity contribution in [1.29, 1.82) is 0 Å². The van der Waals surface area contributed by atoms with Crippen molar-refractivity contribution in [2.24, 2.45) is 5.92 Å². The van der Waals surface area contributed by atoms with E-state index < -0.39 is 18.1 Å². The number of carbonyl (C=O) groups excluding carboxylic acids is 1. The van der Waals surface area contributed by atoms with E-state index in [9.17, 15) is 23.1 Å². The topological polar surface area (TPSA) is 40.1 Å². The Kier molecular flexibility index (Phi) is 6.31. The zero-order valence-corrected chi connectivity index (χ0v) is 13.6. The van der Waals surface area contributed by atoms with Gasteiger partial charge in [-0.2, -0.15) is 13.2 Å². The molecule has 2 aromatic carbocycles. The molecule has 0 fully saturated rings. The molecule has 0 aliphatic heterocycles. The molecule has 2 rings (SSSR count). The fraction of sp³-hybridized carbons (Fsp3) is 0.278. The fourth-order valence-corrected chi connectivity index (χ4v) is 3.42. The molecule has 0 saturated heterocycles. The average Bonchev–Trinajstić information content (AvgIpc) is 2.54. The molecule has 0 bridgehead atoms. The minimum absolute atomic E-state index is 0.0453. The van der Waals surface area contributed by atoms with Gasteiger partial charge in [-0.1, -0.05) is 42.5 Å². The first-order valence-electron chi connectivity index (χ1n) is 7.41. The molecule has 0 aromatic heterocycles. The highest BCUT2D eigenvalue weighted by Gasteiger charge is 2.39. The lowest BCUT2D eigenvalue weighted by atomic mass is 9.97.